The molecule has 0 amide bonds. The zero-order chi connectivity index (χ0) is 24.6. The molecular formula is C21H20ClF4N3O3S. The number of hydrogen-bond acceptors (Lipinski definition) is 4. The van der Waals surface area contributed by atoms with Crippen molar-refractivity contribution >= 4 is 38.2 Å². The van der Waals surface area contributed by atoms with Gasteiger partial charge in [-0.2, -0.15) is 13.2 Å². The summed E-state index contributed by atoms with van der Waals surface area (Å²) in [6.07, 6.45) is -3.53. The number of halogens is 5. The molecule has 33 heavy (non-hydrogen) atoms. The molecule has 0 saturated heterocycles. The van der Waals surface area contributed by atoms with Gasteiger partial charge in [-0.3, -0.25) is 0 Å². The van der Waals surface area contributed by atoms with E-state index >= 15 is 0 Å². The van der Waals surface area contributed by atoms with Gasteiger partial charge in [0, 0.05) is 35.3 Å². The second kappa shape index (κ2) is 9.32. The van der Waals surface area contributed by atoms with Crippen LogP contribution in [0.5, 0.6) is 0 Å². The van der Waals surface area contributed by atoms with Crippen molar-refractivity contribution in [3.05, 3.63) is 69.6 Å². The number of para-hydroxylation sites is 1. The van der Waals surface area contributed by atoms with Crippen molar-refractivity contribution in [2.45, 2.75) is 26.1 Å². The van der Waals surface area contributed by atoms with Gasteiger partial charge in [0.15, 0.2) is 0 Å². The van der Waals surface area contributed by atoms with E-state index in [4.69, 9.17) is 11.6 Å². The first kappa shape index (κ1) is 25.0. The summed E-state index contributed by atoms with van der Waals surface area (Å²) in [5.41, 5.74) is -1.21. The third-order valence-electron chi connectivity index (χ3n) is 5.11. The van der Waals surface area contributed by atoms with Crippen molar-refractivity contribution < 1.29 is 31.2 Å². The lowest BCUT2D eigenvalue weighted by molar-refractivity contribution is -0.140. The number of aryl methyl sites for hydroxylation is 1. The standard InChI is InChI=1S/C21H20ClF4N3O3S/c1-12-17(19(28-30)14-7-3-8-15(18(14)23)21(24,25)26)13-6-4-9-16(22)20(13)29(12)11-5-10-27-33(2,31)32/h3-4,6-9,27,30H,5,10-11H2,1-2H3. The number of alkyl halides is 3. The third-order valence-corrected chi connectivity index (χ3v) is 6.15. The number of oxime groups is 1. The summed E-state index contributed by atoms with van der Waals surface area (Å²) in [7, 11) is -3.38. The Morgan fingerprint density at radius 2 is 1.88 bits per heavy atom. The Balaban J connectivity index is 2.16. The molecular weight excluding hydrogens is 486 g/mol. The lowest BCUT2D eigenvalue weighted by Gasteiger charge is -2.13. The van der Waals surface area contributed by atoms with Gasteiger partial charge in [-0.15, -0.1) is 0 Å². The van der Waals surface area contributed by atoms with Gasteiger partial charge in [0.05, 0.1) is 22.4 Å². The van der Waals surface area contributed by atoms with Gasteiger partial charge in [-0.05, 0) is 31.5 Å². The first-order valence-electron chi connectivity index (χ1n) is 9.67. The minimum absolute atomic E-state index is 0.140. The molecule has 12 heteroatoms. The summed E-state index contributed by atoms with van der Waals surface area (Å²) < 4.78 is 81.3. The van der Waals surface area contributed by atoms with Gasteiger partial charge in [-0.1, -0.05) is 35.0 Å². The third kappa shape index (κ3) is 5.15. The fourth-order valence-electron chi connectivity index (χ4n) is 3.73. The Bertz CT molecular complexity index is 1330. The molecule has 0 aliphatic heterocycles. The first-order valence-corrected chi connectivity index (χ1v) is 11.9. The van der Waals surface area contributed by atoms with E-state index in [1.54, 1.807) is 29.7 Å². The number of benzene rings is 2. The average Bonchev–Trinajstić information content (AvgIpc) is 2.98. The number of sulfonamides is 1. The highest BCUT2D eigenvalue weighted by Gasteiger charge is 2.36. The lowest BCUT2D eigenvalue weighted by atomic mass is 9.97. The van der Waals surface area contributed by atoms with E-state index in [0.717, 1.165) is 18.4 Å². The maximum absolute atomic E-state index is 14.9. The number of fused-ring (bicyclic) bond motifs is 1. The van der Waals surface area contributed by atoms with Crippen LogP contribution in [-0.2, 0) is 22.7 Å². The Morgan fingerprint density at radius 1 is 1.21 bits per heavy atom. The van der Waals surface area contributed by atoms with Crippen molar-refractivity contribution in [3.63, 3.8) is 0 Å². The molecule has 3 aromatic rings. The SMILES string of the molecule is Cc1c(C(=NO)c2cccc(C(F)(F)F)c2F)c2cccc(Cl)c2n1CCCNS(C)(=O)=O. The highest BCUT2D eigenvalue weighted by molar-refractivity contribution is 7.88. The van der Waals surface area contributed by atoms with Crippen LogP contribution < -0.4 is 4.72 Å². The van der Waals surface area contributed by atoms with Gasteiger partial charge < -0.3 is 9.77 Å². The monoisotopic (exact) mass is 505 g/mol. The Morgan fingerprint density at radius 3 is 2.48 bits per heavy atom. The molecule has 0 unspecified atom stereocenters. The maximum Gasteiger partial charge on any atom is 0.419 e. The second-order valence-electron chi connectivity index (χ2n) is 7.38. The summed E-state index contributed by atoms with van der Waals surface area (Å²) in [6.45, 7) is 2.06. The summed E-state index contributed by atoms with van der Waals surface area (Å²) in [5, 5.41) is 13.7. The van der Waals surface area contributed by atoms with E-state index in [1.807, 2.05) is 0 Å². The van der Waals surface area contributed by atoms with Gasteiger partial charge in [-0.25, -0.2) is 17.5 Å². The molecule has 0 atom stereocenters. The molecule has 0 radical (unpaired) electrons. The van der Waals surface area contributed by atoms with Crippen LogP contribution in [0.1, 0.15) is 28.8 Å². The van der Waals surface area contributed by atoms with Gasteiger partial charge >= 0.3 is 6.18 Å². The van der Waals surface area contributed by atoms with E-state index in [9.17, 15) is 31.2 Å². The van der Waals surface area contributed by atoms with E-state index in [0.29, 0.717) is 40.7 Å². The average molecular weight is 506 g/mol. The molecule has 6 nitrogen and oxygen atoms in total. The van der Waals surface area contributed by atoms with Gasteiger partial charge in [0.25, 0.3) is 0 Å². The van der Waals surface area contributed by atoms with Crippen LogP contribution in [0.25, 0.3) is 10.9 Å². The number of aromatic nitrogens is 1. The van der Waals surface area contributed by atoms with Crippen molar-refractivity contribution in [2.75, 3.05) is 12.8 Å². The Labute approximate surface area is 192 Å². The highest BCUT2D eigenvalue weighted by atomic mass is 35.5. The molecule has 0 bridgehead atoms. The number of nitrogens with one attached hydrogen (secondary N) is 1. The van der Waals surface area contributed by atoms with Crippen molar-refractivity contribution in [1.29, 1.82) is 0 Å². The topological polar surface area (TPSA) is 83.7 Å². The zero-order valence-electron chi connectivity index (χ0n) is 17.5. The zero-order valence-corrected chi connectivity index (χ0v) is 19.1. The van der Waals surface area contributed by atoms with Gasteiger partial charge in [0.1, 0.15) is 11.5 Å². The summed E-state index contributed by atoms with van der Waals surface area (Å²) >= 11 is 6.39. The van der Waals surface area contributed by atoms with Crippen LogP contribution in [-0.4, -0.2) is 36.7 Å². The summed E-state index contributed by atoms with van der Waals surface area (Å²) in [4.78, 5) is 0. The van der Waals surface area contributed by atoms with Crippen LogP contribution >= 0.6 is 11.6 Å². The fourth-order valence-corrected chi connectivity index (χ4v) is 4.53. The normalized spacial score (nSPS) is 13.1. The second-order valence-corrected chi connectivity index (χ2v) is 9.62. The maximum atomic E-state index is 14.9. The van der Waals surface area contributed by atoms with E-state index in [-0.39, 0.29) is 17.8 Å². The fraction of sp³-hybridized carbons (Fsp3) is 0.286. The van der Waals surface area contributed by atoms with Crippen molar-refractivity contribution in [3.8, 4) is 0 Å². The Kier molecular flexibility index (Phi) is 7.06. The molecule has 0 spiro atoms. The van der Waals surface area contributed by atoms with E-state index in [2.05, 4.69) is 9.88 Å². The molecule has 178 valence electrons. The minimum atomic E-state index is -4.93. The minimum Gasteiger partial charge on any atom is -0.410 e. The molecule has 3 rings (SSSR count). The van der Waals surface area contributed by atoms with Crippen molar-refractivity contribution in [1.82, 2.24) is 9.29 Å². The van der Waals surface area contributed by atoms with Crippen LogP contribution in [0, 0.1) is 12.7 Å². The van der Waals surface area contributed by atoms with Crippen LogP contribution in [0.3, 0.4) is 0 Å². The largest absolute Gasteiger partial charge is 0.419 e. The summed E-state index contributed by atoms with van der Waals surface area (Å²) in [6, 6.07) is 7.59. The predicted octanol–water partition coefficient (Wildman–Crippen LogP) is 4.93. The van der Waals surface area contributed by atoms with Crippen LogP contribution in [0.2, 0.25) is 5.02 Å². The van der Waals surface area contributed by atoms with Crippen LogP contribution in [0.15, 0.2) is 41.6 Å². The Hall–Kier alpha value is -2.63. The first-order chi connectivity index (χ1) is 15.4. The number of rotatable bonds is 7. The molecule has 0 saturated carbocycles. The molecule has 2 N–H and O–H groups in total. The molecule has 1 heterocycles. The smallest absolute Gasteiger partial charge is 0.410 e. The molecule has 0 aliphatic rings. The van der Waals surface area contributed by atoms with Crippen molar-refractivity contribution in [2.24, 2.45) is 5.16 Å². The quantitative estimate of drug-likeness (QED) is 0.157. The van der Waals surface area contributed by atoms with Gasteiger partial charge in [0.2, 0.25) is 10.0 Å². The number of hydrogen-bond donors (Lipinski definition) is 2. The molecule has 1 aromatic heterocycles. The summed E-state index contributed by atoms with van der Waals surface area (Å²) in [5.74, 6) is -1.56. The van der Waals surface area contributed by atoms with Crippen LogP contribution in [0.4, 0.5) is 17.6 Å². The van der Waals surface area contributed by atoms with E-state index in [1.165, 1.54) is 0 Å². The molecule has 0 fully saturated rings. The number of nitrogens with zero attached hydrogens (tertiary/aromatic N) is 2. The lowest BCUT2D eigenvalue weighted by Crippen LogP contribution is -2.24. The molecule has 2 aromatic carbocycles. The predicted molar refractivity (Wildman–Crippen MR) is 118 cm³/mol. The molecule has 0 aliphatic carbocycles. The highest BCUT2D eigenvalue weighted by Crippen LogP contribution is 2.36. The van der Waals surface area contributed by atoms with E-state index < -0.39 is 33.1 Å².